The van der Waals surface area contributed by atoms with Crippen LogP contribution in [-0.2, 0) is 9.84 Å². The molecule has 0 amide bonds. The molecule has 1 saturated heterocycles. The molecule has 1 aliphatic heterocycles. The molecule has 0 spiro atoms. The van der Waals surface area contributed by atoms with Gasteiger partial charge in [0.1, 0.15) is 11.2 Å². The van der Waals surface area contributed by atoms with Gasteiger partial charge in [0.05, 0.1) is 30.8 Å². The second-order valence-corrected chi connectivity index (χ2v) is 7.43. The van der Waals surface area contributed by atoms with E-state index in [1.54, 1.807) is 25.3 Å². The van der Waals surface area contributed by atoms with Crippen molar-refractivity contribution >= 4 is 9.84 Å². The van der Waals surface area contributed by atoms with Gasteiger partial charge in [-0.2, -0.15) is 5.26 Å². The van der Waals surface area contributed by atoms with Gasteiger partial charge in [0.15, 0.2) is 9.84 Å². The molecule has 1 N–H and O–H groups in total. The van der Waals surface area contributed by atoms with Crippen molar-refractivity contribution < 1.29 is 18.3 Å². The first-order chi connectivity index (χ1) is 9.33. The SMILES string of the molecule is COc1ccc(C(O)C2(C#N)CCS(=O)(=O)C2)cc1C. The number of benzene rings is 1. The van der Waals surface area contributed by atoms with Crippen LogP contribution in [0.4, 0.5) is 0 Å². The molecule has 2 unspecified atom stereocenters. The third-order valence-electron chi connectivity index (χ3n) is 3.82. The van der Waals surface area contributed by atoms with E-state index in [4.69, 9.17) is 4.74 Å². The van der Waals surface area contributed by atoms with Gasteiger partial charge in [0, 0.05) is 0 Å². The van der Waals surface area contributed by atoms with E-state index in [2.05, 4.69) is 0 Å². The van der Waals surface area contributed by atoms with E-state index < -0.39 is 21.4 Å². The average Bonchev–Trinajstić information content (AvgIpc) is 2.74. The standard InChI is InChI=1S/C14H17NO4S/c1-10-7-11(3-4-12(10)19-2)13(16)14(8-15)5-6-20(17,18)9-14/h3-4,7,13,16H,5-6,9H2,1-2H3. The monoisotopic (exact) mass is 295 g/mol. The van der Waals surface area contributed by atoms with E-state index in [0.29, 0.717) is 11.3 Å². The summed E-state index contributed by atoms with van der Waals surface area (Å²) in [6.07, 6.45) is -0.952. The summed E-state index contributed by atoms with van der Waals surface area (Å²) in [5, 5.41) is 19.8. The number of aliphatic hydroxyl groups excluding tert-OH is 1. The second kappa shape index (κ2) is 5.08. The molecule has 2 atom stereocenters. The maximum atomic E-state index is 11.6. The van der Waals surface area contributed by atoms with E-state index in [1.807, 2.05) is 13.0 Å². The van der Waals surface area contributed by atoms with Crippen LogP contribution in [0.5, 0.6) is 5.75 Å². The van der Waals surface area contributed by atoms with Crippen molar-refractivity contribution in [3.63, 3.8) is 0 Å². The fraction of sp³-hybridized carbons (Fsp3) is 0.500. The zero-order valence-electron chi connectivity index (χ0n) is 11.5. The first-order valence-corrected chi connectivity index (χ1v) is 8.10. The number of methoxy groups -OCH3 is 1. The Bertz CT molecular complexity index is 662. The number of aryl methyl sites for hydroxylation is 1. The minimum atomic E-state index is -3.25. The van der Waals surface area contributed by atoms with Crippen molar-refractivity contribution in [2.24, 2.45) is 5.41 Å². The summed E-state index contributed by atoms with van der Waals surface area (Å²) in [6, 6.07) is 7.13. The van der Waals surface area contributed by atoms with E-state index in [-0.39, 0.29) is 17.9 Å². The van der Waals surface area contributed by atoms with Gasteiger partial charge in [-0.1, -0.05) is 6.07 Å². The van der Waals surface area contributed by atoms with Crippen LogP contribution in [0.15, 0.2) is 18.2 Å². The average molecular weight is 295 g/mol. The smallest absolute Gasteiger partial charge is 0.152 e. The Morgan fingerprint density at radius 2 is 2.20 bits per heavy atom. The Hall–Kier alpha value is -1.58. The summed E-state index contributed by atoms with van der Waals surface area (Å²) in [5.74, 6) is 0.348. The van der Waals surface area contributed by atoms with Crippen LogP contribution in [-0.4, -0.2) is 32.1 Å². The first-order valence-electron chi connectivity index (χ1n) is 6.28. The second-order valence-electron chi connectivity index (χ2n) is 5.24. The zero-order chi connectivity index (χ0) is 15.0. The van der Waals surface area contributed by atoms with Gasteiger partial charge in [-0.25, -0.2) is 8.42 Å². The molecule has 0 aliphatic carbocycles. The number of aliphatic hydroxyl groups is 1. The molecule has 0 radical (unpaired) electrons. The first kappa shape index (κ1) is 14.8. The normalized spacial score (nSPS) is 25.9. The molecular formula is C14H17NO4S. The third-order valence-corrected chi connectivity index (χ3v) is 5.60. The highest BCUT2D eigenvalue weighted by molar-refractivity contribution is 7.91. The zero-order valence-corrected chi connectivity index (χ0v) is 12.3. The van der Waals surface area contributed by atoms with Crippen LogP contribution in [0, 0.1) is 23.7 Å². The lowest BCUT2D eigenvalue weighted by Gasteiger charge is -2.26. The van der Waals surface area contributed by atoms with Crippen molar-refractivity contribution in [2.45, 2.75) is 19.4 Å². The predicted octanol–water partition coefficient (Wildman–Crippen LogP) is 1.37. The van der Waals surface area contributed by atoms with Gasteiger partial charge in [-0.3, -0.25) is 0 Å². The quantitative estimate of drug-likeness (QED) is 0.910. The summed E-state index contributed by atoms with van der Waals surface area (Å²) in [6.45, 7) is 1.83. The molecule has 6 heteroatoms. The van der Waals surface area contributed by atoms with Gasteiger partial charge in [-0.15, -0.1) is 0 Å². The van der Waals surface area contributed by atoms with Crippen LogP contribution in [0.2, 0.25) is 0 Å². The van der Waals surface area contributed by atoms with E-state index >= 15 is 0 Å². The molecule has 20 heavy (non-hydrogen) atoms. The Labute approximate surface area is 118 Å². The van der Waals surface area contributed by atoms with Gasteiger partial charge >= 0.3 is 0 Å². The van der Waals surface area contributed by atoms with Crippen molar-refractivity contribution in [3.8, 4) is 11.8 Å². The molecule has 1 aromatic rings. The van der Waals surface area contributed by atoms with Gasteiger partial charge in [0.25, 0.3) is 0 Å². The van der Waals surface area contributed by atoms with Crippen molar-refractivity contribution in [3.05, 3.63) is 29.3 Å². The highest BCUT2D eigenvalue weighted by Gasteiger charge is 2.48. The lowest BCUT2D eigenvalue weighted by Crippen LogP contribution is -2.28. The largest absolute Gasteiger partial charge is 0.496 e. The summed E-state index contributed by atoms with van der Waals surface area (Å²) >= 11 is 0. The number of hydrogen-bond donors (Lipinski definition) is 1. The molecule has 1 aromatic carbocycles. The molecule has 1 heterocycles. The van der Waals surface area contributed by atoms with E-state index in [9.17, 15) is 18.8 Å². The number of ether oxygens (including phenoxy) is 1. The highest BCUT2D eigenvalue weighted by atomic mass is 32.2. The predicted molar refractivity (Wildman–Crippen MR) is 74.0 cm³/mol. The van der Waals surface area contributed by atoms with Crippen LogP contribution >= 0.6 is 0 Å². The molecule has 108 valence electrons. The Balaban J connectivity index is 2.38. The lowest BCUT2D eigenvalue weighted by atomic mass is 9.79. The van der Waals surface area contributed by atoms with Crippen LogP contribution in [0.3, 0.4) is 0 Å². The number of sulfone groups is 1. The molecule has 0 bridgehead atoms. The molecule has 2 rings (SSSR count). The molecule has 1 fully saturated rings. The fourth-order valence-corrected chi connectivity index (χ4v) is 4.60. The van der Waals surface area contributed by atoms with Crippen molar-refractivity contribution in [1.29, 1.82) is 5.26 Å². The number of nitriles is 1. The molecule has 0 saturated carbocycles. The molecule has 1 aliphatic rings. The third kappa shape index (κ3) is 2.51. The number of hydrogen-bond acceptors (Lipinski definition) is 5. The van der Waals surface area contributed by atoms with Crippen LogP contribution in [0.25, 0.3) is 0 Å². The molecule has 5 nitrogen and oxygen atoms in total. The van der Waals surface area contributed by atoms with Crippen LogP contribution < -0.4 is 4.74 Å². The number of nitrogens with zero attached hydrogens (tertiary/aromatic N) is 1. The summed E-state index contributed by atoms with van der Waals surface area (Å²) in [4.78, 5) is 0. The van der Waals surface area contributed by atoms with E-state index in [0.717, 1.165) is 5.56 Å². The molecule has 0 aromatic heterocycles. The summed E-state index contributed by atoms with van der Waals surface area (Å²) in [5.41, 5.74) is 0.125. The van der Waals surface area contributed by atoms with Crippen molar-refractivity contribution in [1.82, 2.24) is 0 Å². The van der Waals surface area contributed by atoms with Gasteiger partial charge < -0.3 is 9.84 Å². The summed E-state index contributed by atoms with van der Waals surface area (Å²) < 4.78 is 28.4. The van der Waals surface area contributed by atoms with E-state index in [1.165, 1.54) is 0 Å². The van der Waals surface area contributed by atoms with Crippen LogP contribution in [0.1, 0.15) is 23.7 Å². The highest BCUT2D eigenvalue weighted by Crippen LogP contribution is 2.43. The maximum Gasteiger partial charge on any atom is 0.152 e. The van der Waals surface area contributed by atoms with Gasteiger partial charge in [0.2, 0.25) is 0 Å². The Morgan fingerprint density at radius 1 is 1.50 bits per heavy atom. The Morgan fingerprint density at radius 3 is 2.65 bits per heavy atom. The maximum absolute atomic E-state index is 11.6. The number of rotatable bonds is 3. The summed E-state index contributed by atoms with van der Waals surface area (Å²) in [7, 11) is -1.69. The minimum Gasteiger partial charge on any atom is -0.496 e. The fourth-order valence-electron chi connectivity index (χ4n) is 2.63. The lowest BCUT2D eigenvalue weighted by molar-refractivity contribution is 0.0792. The minimum absolute atomic E-state index is 0.0489. The molecular weight excluding hydrogens is 278 g/mol. The topological polar surface area (TPSA) is 87.4 Å². The Kier molecular flexibility index (Phi) is 3.76. The van der Waals surface area contributed by atoms with Crippen molar-refractivity contribution in [2.75, 3.05) is 18.6 Å². The van der Waals surface area contributed by atoms with Gasteiger partial charge in [-0.05, 0) is 36.6 Å².